The molecule has 3 N–H and O–H groups in total. The number of amides is 1. The van der Waals surface area contributed by atoms with Crippen LogP contribution < -0.4 is 5.32 Å². The molecular weight excluding hydrogens is 302 g/mol. The average molecular weight is 338 g/mol. The Labute approximate surface area is 146 Å². The van der Waals surface area contributed by atoms with Crippen molar-refractivity contribution in [3.05, 3.63) is 0 Å². The predicted octanol–water partition coefficient (Wildman–Crippen LogP) is 3.30. The Morgan fingerprint density at radius 3 is 2.21 bits per heavy atom. The van der Waals surface area contributed by atoms with Crippen LogP contribution in [-0.2, 0) is 4.79 Å². The molecule has 0 aromatic heterocycles. The van der Waals surface area contributed by atoms with E-state index >= 15 is 0 Å². The molecule has 4 nitrogen and oxygen atoms in total. The summed E-state index contributed by atoms with van der Waals surface area (Å²) < 4.78 is 0. The second-order valence-electron chi connectivity index (χ2n) is 8.88. The minimum atomic E-state index is -0.598. The van der Waals surface area contributed by atoms with Gasteiger partial charge in [-0.25, -0.2) is 0 Å². The van der Waals surface area contributed by atoms with Crippen LogP contribution >= 0.6 is 0 Å². The molecule has 2 saturated carbocycles. The average Bonchev–Trinajstić information content (AvgIpc) is 2.76. The van der Waals surface area contributed by atoms with Gasteiger partial charge in [-0.2, -0.15) is 0 Å². The second-order valence-corrected chi connectivity index (χ2v) is 8.88. The Hall–Kier alpha value is -0.610. The number of aliphatic hydroxyl groups is 2. The molecule has 1 amide bonds. The van der Waals surface area contributed by atoms with E-state index in [9.17, 15) is 15.0 Å². The predicted molar refractivity (Wildman–Crippen MR) is 94.5 cm³/mol. The van der Waals surface area contributed by atoms with E-state index in [1.54, 1.807) is 0 Å². The van der Waals surface area contributed by atoms with Crippen molar-refractivity contribution in [3.63, 3.8) is 0 Å². The highest BCUT2D eigenvalue weighted by molar-refractivity contribution is 5.87. The van der Waals surface area contributed by atoms with Crippen molar-refractivity contribution >= 4 is 5.91 Å². The first kappa shape index (κ1) is 18.2. The summed E-state index contributed by atoms with van der Waals surface area (Å²) in [5.41, 5.74) is -1.65. The van der Waals surface area contributed by atoms with E-state index in [0.29, 0.717) is 25.7 Å². The molecule has 4 heteroatoms. The van der Waals surface area contributed by atoms with Crippen molar-refractivity contribution in [2.75, 3.05) is 0 Å². The van der Waals surface area contributed by atoms with Gasteiger partial charge in [0.15, 0.2) is 0 Å². The monoisotopic (exact) mass is 337 g/mol. The fourth-order valence-corrected chi connectivity index (χ4v) is 5.74. The Morgan fingerprint density at radius 1 is 1.04 bits per heavy atom. The van der Waals surface area contributed by atoms with Crippen molar-refractivity contribution in [3.8, 4) is 0 Å². The summed E-state index contributed by atoms with van der Waals surface area (Å²) in [5, 5.41) is 25.1. The van der Waals surface area contributed by atoms with Crippen molar-refractivity contribution in [1.29, 1.82) is 0 Å². The van der Waals surface area contributed by atoms with Gasteiger partial charge in [-0.3, -0.25) is 4.79 Å². The lowest BCUT2D eigenvalue weighted by molar-refractivity contribution is -0.134. The van der Waals surface area contributed by atoms with Crippen molar-refractivity contribution in [2.24, 2.45) is 11.3 Å². The largest absolute Gasteiger partial charge is 0.390 e. The molecule has 138 valence electrons. The maximum absolute atomic E-state index is 12.9. The Morgan fingerprint density at radius 2 is 1.67 bits per heavy atom. The first-order chi connectivity index (χ1) is 11.4. The first-order valence-corrected chi connectivity index (χ1v) is 10.1. The molecule has 2 spiro atoms. The van der Waals surface area contributed by atoms with E-state index in [2.05, 4.69) is 19.2 Å². The van der Waals surface area contributed by atoms with Crippen LogP contribution in [0.25, 0.3) is 0 Å². The number of carbonyl (C=O) groups excluding carboxylic acids is 1. The van der Waals surface area contributed by atoms with Crippen LogP contribution in [0.2, 0.25) is 0 Å². The van der Waals surface area contributed by atoms with Crippen molar-refractivity contribution in [2.45, 2.75) is 108 Å². The number of aliphatic hydroxyl groups excluding tert-OH is 1. The summed E-state index contributed by atoms with van der Waals surface area (Å²) in [6.45, 7) is 4.31. The molecule has 0 aromatic carbocycles. The van der Waals surface area contributed by atoms with E-state index in [0.717, 1.165) is 44.4 Å². The minimum Gasteiger partial charge on any atom is -0.390 e. The lowest BCUT2D eigenvalue weighted by Gasteiger charge is -2.46. The molecule has 1 aliphatic heterocycles. The molecule has 1 heterocycles. The Balaban J connectivity index is 1.70. The van der Waals surface area contributed by atoms with Crippen LogP contribution in [0, 0.1) is 11.3 Å². The van der Waals surface area contributed by atoms with Gasteiger partial charge < -0.3 is 15.5 Å². The molecule has 3 fully saturated rings. The lowest BCUT2D eigenvalue weighted by atomic mass is 9.61. The van der Waals surface area contributed by atoms with Gasteiger partial charge >= 0.3 is 0 Å². The van der Waals surface area contributed by atoms with Crippen LogP contribution in [0.3, 0.4) is 0 Å². The van der Waals surface area contributed by atoms with Gasteiger partial charge in [0.05, 0.1) is 22.7 Å². The fraction of sp³-hybridized carbons (Fsp3) is 0.950. The summed E-state index contributed by atoms with van der Waals surface area (Å²) in [5.74, 6) is 0.795. The summed E-state index contributed by atoms with van der Waals surface area (Å²) in [7, 11) is 0. The third-order valence-corrected chi connectivity index (χ3v) is 7.34. The van der Waals surface area contributed by atoms with Crippen LogP contribution in [-0.4, -0.2) is 33.4 Å². The van der Waals surface area contributed by atoms with Crippen LogP contribution in [0.1, 0.15) is 90.9 Å². The highest BCUT2D eigenvalue weighted by Crippen LogP contribution is 2.53. The van der Waals surface area contributed by atoms with Gasteiger partial charge in [-0.05, 0) is 63.7 Å². The highest BCUT2D eigenvalue weighted by atomic mass is 16.3. The van der Waals surface area contributed by atoms with Crippen molar-refractivity contribution < 1.29 is 15.0 Å². The summed E-state index contributed by atoms with van der Waals surface area (Å²) in [4.78, 5) is 12.9. The van der Waals surface area contributed by atoms with Crippen LogP contribution in [0.15, 0.2) is 0 Å². The standard InChI is InChI=1S/C20H35NO3/c1-3-5-15-6-9-19(10-7-15)16(22)20(21-17(19)23)13-11-18(24,8-4-2)12-14-20/h15-16,22,24H,3-14H2,1-2H3,(H,21,23). The molecular formula is C20H35NO3. The molecule has 0 radical (unpaired) electrons. The number of nitrogens with one attached hydrogen (secondary N) is 1. The molecule has 24 heavy (non-hydrogen) atoms. The molecule has 1 unspecified atom stereocenters. The lowest BCUT2D eigenvalue weighted by Crippen LogP contribution is -2.55. The normalized spacial score (nSPS) is 45.8. The molecule has 0 bridgehead atoms. The van der Waals surface area contributed by atoms with E-state index < -0.39 is 22.7 Å². The zero-order valence-corrected chi connectivity index (χ0v) is 15.4. The van der Waals surface area contributed by atoms with Gasteiger partial charge in [0.25, 0.3) is 0 Å². The molecule has 1 saturated heterocycles. The maximum Gasteiger partial charge on any atom is 0.229 e. The zero-order valence-electron chi connectivity index (χ0n) is 15.4. The van der Waals surface area contributed by atoms with Gasteiger partial charge in [-0.1, -0.05) is 33.1 Å². The van der Waals surface area contributed by atoms with E-state index in [1.807, 2.05) is 0 Å². The smallest absolute Gasteiger partial charge is 0.229 e. The van der Waals surface area contributed by atoms with Gasteiger partial charge in [0.2, 0.25) is 5.91 Å². The summed E-state index contributed by atoms with van der Waals surface area (Å²) >= 11 is 0. The molecule has 2 aliphatic carbocycles. The number of carbonyl (C=O) groups is 1. The van der Waals surface area contributed by atoms with E-state index in [-0.39, 0.29) is 5.91 Å². The van der Waals surface area contributed by atoms with Gasteiger partial charge in [0.1, 0.15) is 0 Å². The second kappa shape index (κ2) is 6.60. The molecule has 0 aromatic rings. The van der Waals surface area contributed by atoms with Gasteiger partial charge in [0, 0.05) is 0 Å². The minimum absolute atomic E-state index is 0.0749. The van der Waals surface area contributed by atoms with E-state index in [1.165, 1.54) is 12.8 Å². The van der Waals surface area contributed by atoms with Crippen LogP contribution in [0.5, 0.6) is 0 Å². The number of rotatable bonds is 4. The SMILES string of the molecule is CCCC1CCC2(CC1)C(=O)NC1(CCC(O)(CCC)CC1)C2O. The molecule has 3 rings (SSSR count). The number of hydrogen-bond acceptors (Lipinski definition) is 3. The van der Waals surface area contributed by atoms with E-state index in [4.69, 9.17) is 0 Å². The molecule has 1 atom stereocenters. The number of hydrogen-bond donors (Lipinski definition) is 3. The quantitative estimate of drug-likeness (QED) is 0.737. The Bertz CT molecular complexity index is 460. The first-order valence-electron chi connectivity index (χ1n) is 10.1. The zero-order chi connectivity index (χ0) is 17.4. The van der Waals surface area contributed by atoms with Gasteiger partial charge in [-0.15, -0.1) is 0 Å². The third-order valence-electron chi connectivity index (χ3n) is 7.34. The summed E-state index contributed by atoms with van der Waals surface area (Å²) in [6, 6.07) is 0. The molecule has 3 aliphatic rings. The van der Waals surface area contributed by atoms with Crippen LogP contribution in [0.4, 0.5) is 0 Å². The fourth-order valence-electron chi connectivity index (χ4n) is 5.74. The van der Waals surface area contributed by atoms with Crippen molar-refractivity contribution in [1.82, 2.24) is 5.32 Å². The summed E-state index contributed by atoms with van der Waals surface area (Å²) in [6.07, 6.45) is 10.2. The third kappa shape index (κ3) is 2.90. The topological polar surface area (TPSA) is 69.6 Å². The highest BCUT2D eigenvalue weighted by Gasteiger charge is 2.63. The Kier molecular flexibility index (Phi) is 5.00. The maximum atomic E-state index is 12.9.